The lowest BCUT2D eigenvalue weighted by Gasteiger charge is -2.28. The molecule has 0 aliphatic carbocycles. The number of ether oxygens (including phenoxy) is 1. The molecule has 0 aliphatic rings. The van der Waals surface area contributed by atoms with Crippen LogP contribution in [0.3, 0.4) is 0 Å². The van der Waals surface area contributed by atoms with Gasteiger partial charge in [0.25, 0.3) is 0 Å². The second kappa shape index (κ2) is 17.3. The minimum Gasteiger partial charge on any atom is -0.382 e. The van der Waals surface area contributed by atoms with E-state index in [4.69, 9.17) is 18.0 Å². The van der Waals surface area contributed by atoms with E-state index in [1.807, 2.05) is 0 Å². The van der Waals surface area contributed by atoms with Crippen molar-refractivity contribution in [3.63, 3.8) is 0 Å². The molecule has 0 saturated heterocycles. The van der Waals surface area contributed by atoms with Gasteiger partial charge in [-0.15, -0.1) is 0 Å². The van der Waals surface area contributed by atoms with E-state index in [2.05, 4.69) is 57.4 Å². The number of unbranched alkanes of at least 4 members (excludes halogenated alkanes) is 7. The molecule has 0 amide bonds. The first-order chi connectivity index (χ1) is 16.7. The molecule has 0 saturated carbocycles. The van der Waals surface area contributed by atoms with Crippen molar-refractivity contribution in [2.75, 3.05) is 34.5 Å². The molecule has 0 heterocycles. The van der Waals surface area contributed by atoms with Crippen LogP contribution in [0, 0.1) is 0 Å². The van der Waals surface area contributed by atoms with Crippen molar-refractivity contribution < 1.29 is 18.0 Å². The monoisotopic (exact) mass is 540 g/mol. The van der Waals surface area contributed by atoms with Crippen LogP contribution >= 0.6 is 0 Å². The first-order valence-electron chi connectivity index (χ1n) is 14.0. The van der Waals surface area contributed by atoms with Gasteiger partial charge in [-0.1, -0.05) is 124 Å². The average molecular weight is 541 g/mol. The van der Waals surface area contributed by atoms with Crippen molar-refractivity contribution in [3.8, 4) is 0 Å². The van der Waals surface area contributed by atoms with Gasteiger partial charge in [0.15, 0.2) is 0 Å². The van der Waals surface area contributed by atoms with Crippen molar-refractivity contribution in [1.29, 1.82) is 0 Å². The number of rotatable bonds is 21. The Morgan fingerprint density at radius 1 is 0.543 bits per heavy atom. The Morgan fingerprint density at radius 2 is 0.943 bits per heavy atom. The largest absolute Gasteiger partial charge is 0.500 e. The molecule has 35 heavy (non-hydrogen) atoms. The van der Waals surface area contributed by atoms with E-state index >= 15 is 0 Å². The van der Waals surface area contributed by atoms with Gasteiger partial charge in [0.1, 0.15) is 0 Å². The van der Waals surface area contributed by atoms with Crippen molar-refractivity contribution in [3.05, 3.63) is 24.3 Å². The molecule has 0 unspecified atom stereocenters. The topological polar surface area (TPSA) is 36.9 Å². The summed E-state index contributed by atoms with van der Waals surface area (Å²) in [4.78, 5) is 0. The van der Waals surface area contributed by atoms with Gasteiger partial charge in [-0.2, -0.15) is 0 Å². The van der Waals surface area contributed by atoms with Gasteiger partial charge in [0.05, 0.1) is 16.1 Å². The standard InChI is InChI=1S/C28H56O4Si3/c1-9-32-23-16-14-12-10-11-13-15-17-24-33(5,6)27-19-21-28(22-20-27)34(7,8)25-18-26-35(29-2,30-3)31-4/h19-22H,9-18,23-26H2,1-8H3. The third-order valence-electron chi connectivity index (χ3n) is 7.71. The molecule has 0 N–H and O–H groups in total. The highest BCUT2D eigenvalue weighted by Gasteiger charge is 2.38. The van der Waals surface area contributed by atoms with Crippen LogP contribution in [0.5, 0.6) is 0 Å². The van der Waals surface area contributed by atoms with E-state index in [1.165, 1.54) is 63.5 Å². The smallest absolute Gasteiger partial charge is 0.382 e. The number of hydrogen-bond donors (Lipinski definition) is 0. The lowest BCUT2D eigenvalue weighted by Crippen LogP contribution is -2.46. The van der Waals surface area contributed by atoms with Crippen LogP contribution in [0.1, 0.15) is 64.7 Å². The molecule has 1 aromatic carbocycles. The van der Waals surface area contributed by atoms with E-state index in [-0.39, 0.29) is 0 Å². The summed E-state index contributed by atoms with van der Waals surface area (Å²) in [6.07, 6.45) is 12.0. The van der Waals surface area contributed by atoms with Gasteiger partial charge in [0.2, 0.25) is 0 Å². The highest BCUT2D eigenvalue weighted by molar-refractivity contribution is 6.91. The van der Waals surface area contributed by atoms with Crippen LogP contribution in [0.4, 0.5) is 0 Å². The zero-order valence-corrected chi connectivity index (χ0v) is 27.3. The lowest BCUT2D eigenvalue weighted by molar-refractivity contribution is 0.123. The molecular formula is C28H56O4Si3. The zero-order chi connectivity index (χ0) is 26.2. The third-order valence-corrected chi connectivity index (χ3v) is 17.5. The van der Waals surface area contributed by atoms with E-state index in [9.17, 15) is 0 Å². The summed E-state index contributed by atoms with van der Waals surface area (Å²) in [5, 5.41) is 3.18. The summed E-state index contributed by atoms with van der Waals surface area (Å²) >= 11 is 0. The molecule has 0 bridgehead atoms. The molecule has 4 nitrogen and oxygen atoms in total. The van der Waals surface area contributed by atoms with E-state index in [0.717, 1.165) is 25.7 Å². The maximum Gasteiger partial charge on any atom is 0.500 e. The van der Waals surface area contributed by atoms with Gasteiger partial charge < -0.3 is 18.0 Å². The van der Waals surface area contributed by atoms with Crippen molar-refractivity contribution in [1.82, 2.24) is 0 Å². The molecule has 204 valence electrons. The summed E-state index contributed by atoms with van der Waals surface area (Å²) < 4.78 is 22.2. The normalized spacial score (nSPS) is 12.9. The highest BCUT2D eigenvalue weighted by atomic mass is 28.4. The Kier molecular flexibility index (Phi) is 16.1. The van der Waals surface area contributed by atoms with Crippen molar-refractivity contribution >= 4 is 35.3 Å². The Labute approximate surface area is 220 Å². The molecule has 0 atom stereocenters. The number of hydrogen-bond acceptors (Lipinski definition) is 4. The molecule has 0 radical (unpaired) electrons. The Balaban J connectivity index is 2.40. The summed E-state index contributed by atoms with van der Waals surface area (Å²) in [5.74, 6) is 0. The van der Waals surface area contributed by atoms with Crippen LogP contribution in [-0.4, -0.2) is 59.5 Å². The zero-order valence-electron chi connectivity index (χ0n) is 24.3. The van der Waals surface area contributed by atoms with Crippen molar-refractivity contribution in [2.24, 2.45) is 0 Å². The van der Waals surface area contributed by atoms with Gasteiger partial charge >= 0.3 is 8.80 Å². The van der Waals surface area contributed by atoms with E-state index in [0.29, 0.717) is 0 Å². The van der Waals surface area contributed by atoms with E-state index < -0.39 is 25.0 Å². The predicted octanol–water partition coefficient (Wildman–Crippen LogP) is 6.94. The molecule has 1 aromatic rings. The SMILES string of the molecule is CCOCCCCCCCCCC[Si](C)(C)c1ccc([Si](C)(C)CCC[Si](OC)(OC)OC)cc1. The molecule has 0 aliphatic heterocycles. The second-order valence-corrected chi connectivity index (χ2v) is 24.1. The maximum absolute atomic E-state index is 5.60. The summed E-state index contributed by atoms with van der Waals surface area (Å²) in [6.45, 7) is 13.9. The number of benzene rings is 1. The Morgan fingerprint density at radius 3 is 1.37 bits per heavy atom. The van der Waals surface area contributed by atoms with E-state index in [1.54, 1.807) is 31.7 Å². The minimum atomic E-state index is -2.46. The van der Waals surface area contributed by atoms with Gasteiger partial charge in [-0.3, -0.25) is 0 Å². The van der Waals surface area contributed by atoms with Crippen molar-refractivity contribution in [2.45, 2.75) is 109 Å². The molecule has 7 heteroatoms. The van der Waals surface area contributed by atoms with Crippen LogP contribution in [-0.2, 0) is 18.0 Å². The van der Waals surface area contributed by atoms with Crippen LogP contribution in [0.25, 0.3) is 0 Å². The predicted molar refractivity (Wildman–Crippen MR) is 160 cm³/mol. The third kappa shape index (κ3) is 12.2. The molecule has 0 fully saturated rings. The van der Waals surface area contributed by atoms with Gasteiger partial charge in [-0.05, 0) is 13.3 Å². The van der Waals surface area contributed by atoms with Gasteiger partial charge in [-0.25, -0.2) is 0 Å². The maximum atomic E-state index is 5.60. The van der Waals surface area contributed by atoms with Crippen LogP contribution in [0.15, 0.2) is 24.3 Å². The second-order valence-electron chi connectivity index (χ2n) is 11.3. The fraction of sp³-hybridized carbons (Fsp3) is 0.786. The first kappa shape index (κ1) is 32.7. The molecule has 0 spiro atoms. The first-order valence-corrected chi connectivity index (χ1v) is 22.3. The Hall–Kier alpha value is -0.289. The van der Waals surface area contributed by atoms with Crippen LogP contribution in [0.2, 0.25) is 44.3 Å². The summed E-state index contributed by atoms with van der Waals surface area (Å²) in [5.41, 5.74) is 0. The van der Waals surface area contributed by atoms with Crippen LogP contribution < -0.4 is 10.4 Å². The lowest BCUT2D eigenvalue weighted by atomic mass is 10.1. The Bertz CT molecular complexity index is 652. The molecular weight excluding hydrogens is 485 g/mol. The van der Waals surface area contributed by atoms with Gasteiger partial charge in [0, 0.05) is 40.6 Å². The molecule has 1 rings (SSSR count). The fourth-order valence-electron chi connectivity index (χ4n) is 4.94. The fourth-order valence-corrected chi connectivity index (χ4v) is 11.9. The summed E-state index contributed by atoms with van der Waals surface area (Å²) in [6, 6.07) is 13.3. The molecule has 0 aromatic heterocycles. The minimum absolute atomic E-state index is 0.852. The highest BCUT2D eigenvalue weighted by Crippen LogP contribution is 2.22. The average Bonchev–Trinajstić information content (AvgIpc) is 2.85. The summed E-state index contributed by atoms with van der Waals surface area (Å²) in [7, 11) is -0.195. The quantitative estimate of drug-likeness (QED) is 0.125.